The third-order valence-corrected chi connectivity index (χ3v) is 6.99. The molecule has 4 atom stereocenters. The molecule has 0 bridgehead atoms. The molecule has 14 nitrogen and oxygen atoms in total. The van der Waals surface area contributed by atoms with E-state index in [1.807, 2.05) is 18.2 Å². The molecule has 4 aromatic rings. The first-order valence-corrected chi connectivity index (χ1v) is 12.8. The number of nitrogens with one attached hydrogen (secondary N) is 2. The van der Waals surface area contributed by atoms with Crippen LogP contribution >= 0.6 is 0 Å². The van der Waals surface area contributed by atoms with Crippen LogP contribution in [0.2, 0.25) is 0 Å². The van der Waals surface area contributed by atoms with E-state index in [-0.39, 0.29) is 12.4 Å². The van der Waals surface area contributed by atoms with Crippen molar-refractivity contribution in [1.82, 2.24) is 24.8 Å². The summed E-state index contributed by atoms with van der Waals surface area (Å²) in [6.07, 6.45) is -0.221. The Morgan fingerprint density at radius 2 is 1.85 bits per heavy atom. The Balaban J connectivity index is 1.26. The molecule has 1 saturated heterocycles. The zero-order valence-electron chi connectivity index (χ0n) is 22.2. The highest BCUT2D eigenvalue weighted by atomic mass is 16.7. The lowest BCUT2D eigenvalue weighted by Gasteiger charge is -2.23. The van der Waals surface area contributed by atoms with Crippen molar-refractivity contribution in [3.05, 3.63) is 60.2 Å². The maximum atomic E-state index is 13.3. The summed E-state index contributed by atoms with van der Waals surface area (Å²) in [4.78, 5) is 26.5. The third-order valence-electron chi connectivity index (χ3n) is 6.99. The van der Waals surface area contributed by atoms with Crippen LogP contribution in [0.3, 0.4) is 0 Å². The fraction of sp³-hybridized carbons (Fsp3) is 0.333. The van der Waals surface area contributed by atoms with Gasteiger partial charge in [0.15, 0.2) is 34.7 Å². The zero-order chi connectivity index (χ0) is 28.5. The van der Waals surface area contributed by atoms with Gasteiger partial charge in [0, 0.05) is 18.2 Å². The molecule has 41 heavy (non-hydrogen) atoms. The molecule has 14 heteroatoms. The molecule has 4 N–H and O–H groups in total. The summed E-state index contributed by atoms with van der Waals surface area (Å²) in [6, 6.07) is 9.46. The average Bonchev–Trinajstić information content (AvgIpc) is 3.73. The number of rotatable bonds is 9. The van der Waals surface area contributed by atoms with Crippen molar-refractivity contribution in [1.29, 1.82) is 0 Å². The number of methoxy groups -OCH3 is 2. The Labute approximate surface area is 233 Å². The number of carbonyl (C=O) groups excluding carboxylic acids is 1. The van der Waals surface area contributed by atoms with E-state index in [9.17, 15) is 15.0 Å². The van der Waals surface area contributed by atoms with Crippen molar-refractivity contribution < 1.29 is 38.7 Å². The van der Waals surface area contributed by atoms with Crippen LogP contribution in [-0.4, -0.2) is 81.5 Å². The fourth-order valence-corrected chi connectivity index (χ4v) is 4.87. The van der Waals surface area contributed by atoms with E-state index < -0.39 is 37.0 Å². The van der Waals surface area contributed by atoms with Gasteiger partial charge in [-0.25, -0.2) is 15.0 Å². The van der Waals surface area contributed by atoms with Crippen LogP contribution in [0.5, 0.6) is 23.0 Å². The molecule has 1 fully saturated rings. The van der Waals surface area contributed by atoms with Crippen LogP contribution in [0.15, 0.2) is 49.1 Å². The molecule has 2 aliphatic heterocycles. The minimum Gasteiger partial charge on any atom is -0.497 e. The lowest BCUT2D eigenvalue weighted by Crippen LogP contribution is -2.46. The van der Waals surface area contributed by atoms with Crippen molar-refractivity contribution in [3.63, 3.8) is 0 Å². The number of aliphatic hydroxyl groups is 2. The predicted octanol–water partition coefficient (Wildman–Crippen LogP) is 1.23. The highest BCUT2D eigenvalue weighted by Gasteiger charge is 2.46. The standard InChI is InChI=1S/C27H28N6O8/c1-37-16-6-15(7-17(8-16)38-2)26(36)32-21-23(35)20(10-34)41-27(21)33-12-31-22-24(29-11-30-25(22)33)28-9-14-3-4-18-19(5-14)40-13-39-18/h3-8,11-12,20-21,23,27,34-35H,9-10,13H2,1-2H3,(H,32,36)(H,28,29,30)/t20-,21-,23-,27-/m1/s1. The van der Waals surface area contributed by atoms with Gasteiger partial charge < -0.3 is 44.5 Å². The summed E-state index contributed by atoms with van der Waals surface area (Å²) >= 11 is 0. The number of aromatic nitrogens is 4. The van der Waals surface area contributed by atoms with Gasteiger partial charge in [-0.3, -0.25) is 9.36 Å². The van der Waals surface area contributed by atoms with E-state index in [1.54, 1.807) is 22.8 Å². The SMILES string of the molecule is COc1cc(OC)cc(C(=O)N[C@@H]2[C@H](O)[C@@H](CO)O[C@H]2n2cnc3c(NCc4ccc5c(c4)OCO5)ncnc32)c1. The van der Waals surface area contributed by atoms with Crippen molar-refractivity contribution in [2.45, 2.75) is 31.0 Å². The Kier molecular flexibility index (Phi) is 7.17. The first-order chi connectivity index (χ1) is 20.0. The molecule has 0 spiro atoms. The van der Waals surface area contributed by atoms with E-state index in [0.29, 0.717) is 46.5 Å². The molecule has 2 aliphatic rings. The van der Waals surface area contributed by atoms with Gasteiger partial charge in [-0.05, 0) is 29.8 Å². The number of aliphatic hydroxyl groups excluding tert-OH is 2. The molecular weight excluding hydrogens is 536 g/mol. The Morgan fingerprint density at radius 1 is 1.07 bits per heavy atom. The van der Waals surface area contributed by atoms with E-state index >= 15 is 0 Å². The van der Waals surface area contributed by atoms with E-state index in [4.69, 9.17) is 23.7 Å². The van der Waals surface area contributed by atoms with Crippen LogP contribution in [0.25, 0.3) is 11.2 Å². The number of hydrogen-bond donors (Lipinski definition) is 4. The smallest absolute Gasteiger partial charge is 0.252 e. The number of nitrogens with zero attached hydrogens (tertiary/aromatic N) is 4. The maximum Gasteiger partial charge on any atom is 0.252 e. The summed E-state index contributed by atoms with van der Waals surface area (Å²) < 4.78 is 28.9. The molecule has 214 valence electrons. The molecular formula is C27H28N6O8. The number of carbonyl (C=O) groups is 1. The number of amides is 1. The lowest BCUT2D eigenvalue weighted by molar-refractivity contribution is -0.0440. The number of anilines is 1. The van der Waals surface area contributed by atoms with Gasteiger partial charge >= 0.3 is 0 Å². The number of imidazole rings is 1. The topological polar surface area (TPSA) is 171 Å². The molecule has 0 saturated carbocycles. The average molecular weight is 565 g/mol. The summed E-state index contributed by atoms with van der Waals surface area (Å²) in [6.45, 7) is 0.172. The molecule has 0 aliphatic carbocycles. The highest BCUT2D eigenvalue weighted by molar-refractivity contribution is 5.95. The van der Waals surface area contributed by atoms with E-state index in [0.717, 1.165) is 5.56 Å². The zero-order valence-corrected chi connectivity index (χ0v) is 22.2. The minimum atomic E-state index is -1.22. The van der Waals surface area contributed by atoms with Crippen LogP contribution in [-0.2, 0) is 11.3 Å². The Bertz CT molecular complexity index is 1560. The molecule has 1 amide bonds. The second-order valence-corrected chi connectivity index (χ2v) is 9.43. The van der Waals surface area contributed by atoms with E-state index in [2.05, 4.69) is 25.6 Å². The number of benzene rings is 2. The van der Waals surface area contributed by atoms with Crippen molar-refractivity contribution in [3.8, 4) is 23.0 Å². The normalized spacial score (nSPS) is 21.2. The van der Waals surface area contributed by atoms with Gasteiger partial charge in [0.1, 0.15) is 36.1 Å². The quantitative estimate of drug-likeness (QED) is 0.230. The second-order valence-electron chi connectivity index (χ2n) is 9.43. The van der Waals surface area contributed by atoms with Crippen LogP contribution in [0.1, 0.15) is 22.1 Å². The summed E-state index contributed by atoms with van der Waals surface area (Å²) in [5.41, 5.74) is 2.07. The number of ether oxygens (including phenoxy) is 5. The predicted molar refractivity (Wildman–Crippen MR) is 143 cm³/mol. The highest BCUT2D eigenvalue weighted by Crippen LogP contribution is 2.34. The van der Waals surface area contributed by atoms with Crippen molar-refractivity contribution in [2.75, 3.05) is 32.9 Å². The van der Waals surface area contributed by atoms with Gasteiger partial charge in [0.05, 0.1) is 27.2 Å². The van der Waals surface area contributed by atoms with Crippen LogP contribution < -0.4 is 29.6 Å². The molecule has 2 aromatic heterocycles. The molecule has 0 radical (unpaired) electrons. The third kappa shape index (κ3) is 5.03. The molecule has 0 unspecified atom stereocenters. The number of fused-ring (bicyclic) bond motifs is 2. The molecule has 6 rings (SSSR count). The van der Waals surface area contributed by atoms with Crippen molar-refractivity contribution in [2.24, 2.45) is 0 Å². The largest absolute Gasteiger partial charge is 0.497 e. The summed E-state index contributed by atoms with van der Waals surface area (Å²) in [7, 11) is 2.97. The minimum absolute atomic E-state index is 0.195. The van der Waals surface area contributed by atoms with Gasteiger partial charge in [0.25, 0.3) is 5.91 Å². The monoisotopic (exact) mass is 564 g/mol. The van der Waals surface area contributed by atoms with Crippen LogP contribution in [0.4, 0.5) is 5.82 Å². The Hall–Kier alpha value is -4.66. The van der Waals surface area contributed by atoms with Gasteiger partial charge in [-0.2, -0.15) is 0 Å². The first kappa shape index (κ1) is 26.6. The summed E-state index contributed by atoms with van der Waals surface area (Å²) in [5.74, 6) is 2.22. The van der Waals surface area contributed by atoms with Gasteiger partial charge in [-0.15, -0.1) is 0 Å². The van der Waals surface area contributed by atoms with Gasteiger partial charge in [0.2, 0.25) is 6.79 Å². The van der Waals surface area contributed by atoms with Crippen LogP contribution in [0, 0.1) is 0 Å². The lowest BCUT2D eigenvalue weighted by atomic mass is 10.1. The molecule has 2 aromatic carbocycles. The number of hydrogen-bond acceptors (Lipinski definition) is 12. The fourth-order valence-electron chi connectivity index (χ4n) is 4.87. The Morgan fingerprint density at radius 3 is 2.61 bits per heavy atom. The maximum absolute atomic E-state index is 13.3. The molecule has 4 heterocycles. The summed E-state index contributed by atoms with van der Waals surface area (Å²) in [5, 5.41) is 26.9. The second kappa shape index (κ2) is 11.1. The van der Waals surface area contributed by atoms with E-state index in [1.165, 1.54) is 26.9 Å². The van der Waals surface area contributed by atoms with Crippen molar-refractivity contribution >= 4 is 22.9 Å². The van der Waals surface area contributed by atoms with Gasteiger partial charge in [-0.1, -0.05) is 6.07 Å². The first-order valence-electron chi connectivity index (χ1n) is 12.8.